The molecule has 1 aromatic heterocycles. The summed E-state index contributed by atoms with van der Waals surface area (Å²) in [6, 6.07) is 7.75. The van der Waals surface area contributed by atoms with E-state index in [4.69, 9.17) is 4.98 Å². The van der Waals surface area contributed by atoms with Gasteiger partial charge in [-0.3, -0.25) is 5.10 Å². The van der Waals surface area contributed by atoms with Crippen LogP contribution in [0.1, 0.15) is 74.0 Å². The van der Waals surface area contributed by atoms with E-state index >= 15 is 0 Å². The first-order valence-corrected chi connectivity index (χ1v) is 15.3. The maximum atomic E-state index is 13.0. The predicted molar refractivity (Wildman–Crippen MR) is 132 cm³/mol. The van der Waals surface area contributed by atoms with E-state index in [9.17, 15) is 13.2 Å². The lowest BCUT2D eigenvalue weighted by Crippen LogP contribution is -2.74. The topological polar surface area (TPSA) is 99.3 Å². The summed E-state index contributed by atoms with van der Waals surface area (Å²) in [5.74, 6) is 3.75. The molecule has 2 bridgehead atoms. The Bertz CT molecular complexity index is 1340. The summed E-state index contributed by atoms with van der Waals surface area (Å²) in [6.45, 7) is 3.59. The fraction of sp³-hybridized carbons (Fsp3) is 0.667. The van der Waals surface area contributed by atoms with E-state index in [2.05, 4.69) is 20.0 Å². The molecule has 9 heteroatoms. The van der Waals surface area contributed by atoms with Gasteiger partial charge in [-0.15, -0.1) is 0 Å². The molecule has 2 aliphatic heterocycles. The number of aromatic amines is 1. The molecule has 9 rings (SSSR count). The highest BCUT2D eigenvalue weighted by atomic mass is 32.2. The molecule has 0 unspecified atom stereocenters. The van der Waals surface area contributed by atoms with Crippen LogP contribution in [0.25, 0.3) is 0 Å². The van der Waals surface area contributed by atoms with Crippen LogP contribution in [0.15, 0.2) is 29.2 Å². The molecule has 7 aliphatic rings. The van der Waals surface area contributed by atoms with E-state index in [0.29, 0.717) is 33.5 Å². The zero-order chi connectivity index (χ0) is 24.5. The van der Waals surface area contributed by atoms with Crippen molar-refractivity contribution < 1.29 is 13.2 Å². The molecule has 2 amide bonds. The number of carbonyl (C=O) groups excluding carboxylic acids is 1. The summed E-state index contributed by atoms with van der Waals surface area (Å²) in [5, 5.41) is 7.57. The average Bonchev–Trinajstić information content (AvgIpc) is 3.43. The normalized spacial score (nSPS) is 32.8. The van der Waals surface area contributed by atoms with Crippen LogP contribution in [0.3, 0.4) is 0 Å². The van der Waals surface area contributed by atoms with E-state index in [0.717, 1.165) is 50.7 Å². The fourth-order valence-corrected chi connectivity index (χ4v) is 8.84. The first-order chi connectivity index (χ1) is 17.2. The number of hydrogen-bond acceptors (Lipinski definition) is 5. The fourth-order valence-electron chi connectivity index (χ4n) is 8.21. The van der Waals surface area contributed by atoms with Gasteiger partial charge in [0.25, 0.3) is 0 Å². The summed E-state index contributed by atoms with van der Waals surface area (Å²) >= 11 is 0. The van der Waals surface area contributed by atoms with Crippen molar-refractivity contribution in [2.24, 2.45) is 16.7 Å². The minimum absolute atomic E-state index is 0.230. The SMILES string of the molecule is CS(=O)(=O)c1ccc(C23CC(C4CN(C(=O)N5CC6(CC(c7nc(C8CC8)n[nH]7)C6)C5)C4)(C2)C3)cc1. The number of benzene rings is 1. The van der Waals surface area contributed by atoms with Gasteiger partial charge in [-0.2, -0.15) is 5.10 Å². The Morgan fingerprint density at radius 3 is 2.28 bits per heavy atom. The Labute approximate surface area is 211 Å². The lowest BCUT2D eigenvalue weighted by atomic mass is 9.30. The zero-order valence-electron chi connectivity index (χ0n) is 20.7. The Balaban J connectivity index is 0.808. The van der Waals surface area contributed by atoms with Gasteiger partial charge in [0, 0.05) is 49.7 Å². The number of carbonyl (C=O) groups is 1. The Morgan fingerprint density at radius 1 is 1.00 bits per heavy atom. The maximum absolute atomic E-state index is 13.0. The van der Waals surface area contributed by atoms with E-state index in [1.54, 1.807) is 12.1 Å². The molecule has 5 aliphatic carbocycles. The number of nitrogens with zero attached hydrogens (tertiary/aromatic N) is 4. The van der Waals surface area contributed by atoms with Crippen LogP contribution < -0.4 is 0 Å². The highest BCUT2D eigenvalue weighted by molar-refractivity contribution is 7.90. The molecule has 8 nitrogen and oxygen atoms in total. The smallest absolute Gasteiger partial charge is 0.320 e. The number of aromatic nitrogens is 3. The van der Waals surface area contributed by atoms with Crippen molar-refractivity contribution >= 4 is 15.9 Å². The van der Waals surface area contributed by atoms with Crippen molar-refractivity contribution in [2.45, 2.75) is 67.1 Å². The van der Waals surface area contributed by atoms with Gasteiger partial charge in [0.05, 0.1) is 4.90 Å². The number of amides is 2. The third kappa shape index (κ3) is 2.98. The summed E-state index contributed by atoms with van der Waals surface area (Å²) in [7, 11) is -3.15. The van der Waals surface area contributed by atoms with E-state index in [1.807, 2.05) is 12.1 Å². The van der Waals surface area contributed by atoms with Gasteiger partial charge in [-0.05, 0) is 79.4 Å². The molecule has 0 atom stereocenters. The summed E-state index contributed by atoms with van der Waals surface area (Å²) in [5.41, 5.74) is 2.24. The number of likely N-dealkylation sites (tertiary alicyclic amines) is 2. The van der Waals surface area contributed by atoms with Crippen molar-refractivity contribution in [3.8, 4) is 0 Å². The summed E-state index contributed by atoms with van der Waals surface area (Å²) < 4.78 is 23.5. The van der Waals surface area contributed by atoms with Gasteiger partial charge in [0.2, 0.25) is 0 Å². The van der Waals surface area contributed by atoms with Crippen LogP contribution in [0, 0.1) is 16.7 Å². The molecule has 2 aromatic rings. The molecule has 7 fully saturated rings. The zero-order valence-corrected chi connectivity index (χ0v) is 21.6. The number of rotatable bonds is 5. The summed E-state index contributed by atoms with van der Waals surface area (Å²) in [6.07, 6.45) is 9.50. The molecule has 0 radical (unpaired) electrons. The Hall–Kier alpha value is -2.42. The van der Waals surface area contributed by atoms with Crippen LogP contribution in [0.2, 0.25) is 0 Å². The Kier molecular flexibility index (Phi) is 4.04. The second kappa shape index (κ2) is 6.71. The molecule has 1 spiro atoms. The van der Waals surface area contributed by atoms with Gasteiger partial charge in [-0.25, -0.2) is 18.2 Å². The number of H-pyrrole nitrogens is 1. The van der Waals surface area contributed by atoms with E-state index in [1.165, 1.54) is 43.9 Å². The van der Waals surface area contributed by atoms with Crippen molar-refractivity contribution in [3.63, 3.8) is 0 Å². The number of urea groups is 1. The quantitative estimate of drug-likeness (QED) is 0.668. The van der Waals surface area contributed by atoms with Crippen molar-refractivity contribution in [2.75, 3.05) is 32.4 Å². The number of sulfone groups is 1. The van der Waals surface area contributed by atoms with E-state index < -0.39 is 9.84 Å². The van der Waals surface area contributed by atoms with Crippen LogP contribution in [0.4, 0.5) is 4.79 Å². The summed E-state index contributed by atoms with van der Waals surface area (Å²) in [4.78, 5) is 22.3. The highest BCUT2D eigenvalue weighted by Crippen LogP contribution is 2.77. The standard InChI is InChI=1S/C27H33N5O3S/c1-36(34,35)21-6-4-19(5-7-21)26-12-27(13-26,14-26)20-10-31(11-20)24(33)32-15-25(16-32)8-18(9-25)23-28-22(29-30-23)17-2-3-17/h4-7,17-18,20H,2-3,8-16H2,1H3,(H,28,29,30). The molecule has 1 aromatic carbocycles. The molecule has 2 saturated heterocycles. The second-order valence-corrected chi connectivity index (χ2v) is 15.2. The highest BCUT2D eigenvalue weighted by Gasteiger charge is 2.72. The Morgan fingerprint density at radius 2 is 1.67 bits per heavy atom. The second-order valence-electron chi connectivity index (χ2n) is 13.2. The minimum Gasteiger partial charge on any atom is -0.324 e. The van der Waals surface area contributed by atoms with Crippen molar-refractivity contribution in [3.05, 3.63) is 41.5 Å². The maximum Gasteiger partial charge on any atom is 0.320 e. The van der Waals surface area contributed by atoms with Crippen LogP contribution in [-0.2, 0) is 15.3 Å². The van der Waals surface area contributed by atoms with Crippen LogP contribution in [-0.4, -0.2) is 71.9 Å². The van der Waals surface area contributed by atoms with Crippen LogP contribution >= 0.6 is 0 Å². The van der Waals surface area contributed by atoms with Crippen molar-refractivity contribution in [1.82, 2.24) is 25.0 Å². The molecular weight excluding hydrogens is 474 g/mol. The lowest BCUT2D eigenvalue weighted by molar-refractivity contribution is -0.208. The van der Waals surface area contributed by atoms with Gasteiger partial charge < -0.3 is 9.80 Å². The molecule has 190 valence electrons. The number of hydrogen-bond donors (Lipinski definition) is 1. The number of nitrogens with one attached hydrogen (secondary N) is 1. The first kappa shape index (κ1) is 21.6. The average molecular weight is 508 g/mol. The van der Waals surface area contributed by atoms with Gasteiger partial charge in [-0.1, -0.05) is 12.1 Å². The third-order valence-corrected chi connectivity index (χ3v) is 11.6. The van der Waals surface area contributed by atoms with Gasteiger partial charge in [0.15, 0.2) is 15.7 Å². The first-order valence-electron chi connectivity index (χ1n) is 13.4. The molecule has 36 heavy (non-hydrogen) atoms. The van der Waals surface area contributed by atoms with Gasteiger partial charge >= 0.3 is 6.03 Å². The minimum atomic E-state index is -3.15. The largest absolute Gasteiger partial charge is 0.324 e. The molecular formula is C27H33N5O3S. The lowest BCUT2D eigenvalue weighted by Gasteiger charge is -2.76. The van der Waals surface area contributed by atoms with E-state index in [-0.39, 0.29) is 11.4 Å². The molecule has 5 saturated carbocycles. The molecule has 3 heterocycles. The van der Waals surface area contributed by atoms with Crippen LogP contribution in [0.5, 0.6) is 0 Å². The van der Waals surface area contributed by atoms with Crippen molar-refractivity contribution in [1.29, 1.82) is 0 Å². The predicted octanol–water partition coefficient (Wildman–Crippen LogP) is 3.44. The monoisotopic (exact) mass is 507 g/mol. The third-order valence-electron chi connectivity index (χ3n) is 10.5. The molecule has 1 N–H and O–H groups in total. The van der Waals surface area contributed by atoms with Gasteiger partial charge in [0.1, 0.15) is 5.82 Å².